The lowest BCUT2D eigenvalue weighted by molar-refractivity contribution is 0.179. The van der Waals surface area contributed by atoms with E-state index in [1.165, 1.54) is 5.56 Å². The van der Waals surface area contributed by atoms with Crippen LogP contribution in [0.15, 0.2) is 24.3 Å². The summed E-state index contributed by atoms with van der Waals surface area (Å²) in [6.07, 6.45) is 2.18. The van der Waals surface area contributed by atoms with Gasteiger partial charge in [0.25, 0.3) is 0 Å². The lowest BCUT2D eigenvalue weighted by Crippen LogP contribution is -2.45. The van der Waals surface area contributed by atoms with Crippen molar-refractivity contribution in [1.29, 1.82) is 0 Å². The molecule has 2 N–H and O–H groups in total. The van der Waals surface area contributed by atoms with Crippen molar-refractivity contribution in [1.82, 2.24) is 0 Å². The van der Waals surface area contributed by atoms with E-state index in [9.17, 15) is 5.11 Å². The number of anilines is 1. The van der Waals surface area contributed by atoms with E-state index in [1.54, 1.807) is 0 Å². The van der Waals surface area contributed by atoms with Crippen molar-refractivity contribution < 1.29 is 5.11 Å². The second-order valence-electron chi connectivity index (χ2n) is 6.75. The van der Waals surface area contributed by atoms with Crippen LogP contribution in [-0.4, -0.2) is 17.3 Å². The molecular formula is C16H25NO. The van der Waals surface area contributed by atoms with Gasteiger partial charge in [-0.2, -0.15) is 0 Å². The molecule has 1 aliphatic carbocycles. The van der Waals surface area contributed by atoms with Crippen molar-refractivity contribution in [3.05, 3.63) is 29.8 Å². The Balaban J connectivity index is 2.24. The molecule has 2 heteroatoms. The maximum Gasteiger partial charge on any atom is 0.0664 e. The van der Waals surface area contributed by atoms with E-state index >= 15 is 0 Å². The Morgan fingerprint density at radius 3 is 2.61 bits per heavy atom. The van der Waals surface area contributed by atoms with Crippen LogP contribution >= 0.6 is 0 Å². The maximum atomic E-state index is 9.89. The standard InChI is InChI=1S/C16H25NO/c1-12-6-5-7-14(8-12)17-16(11-18)10-15(3,4)9-13(16)2/h5-8,13,17-18H,9-11H2,1-4H3. The zero-order valence-corrected chi connectivity index (χ0v) is 12.0. The van der Waals surface area contributed by atoms with Gasteiger partial charge in [0.15, 0.2) is 0 Å². The predicted octanol–water partition coefficient (Wildman–Crippen LogP) is 3.59. The first-order chi connectivity index (χ1) is 8.37. The van der Waals surface area contributed by atoms with Crippen LogP contribution in [0.25, 0.3) is 0 Å². The van der Waals surface area contributed by atoms with Crippen LogP contribution in [0.1, 0.15) is 39.2 Å². The second-order valence-corrected chi connectivity index (χ2v) is 6.75. The average molecular weight is 247 g/mol. The molecule has 0 bridgehead atoms. The minimum atomic E-state index is -0.169. The first kappa shape index (κ1) is 13.4. The number of aliphatic hydroxyl groups is 1. The molecule has 2 nitrogen and oxygen atoms in total. The number of hydrogen-bond donors (Lipinski definition) is 2. The number of aliphatic hydroxyl groups excluding tert-OH is 1. The summed E-state index contributed by atoms with van der Waals surface area (Å²) < 4.78 is 0. The lowest BCUT2D eigenvalue weighted by atomic mass is 9.86. The molecule has 2 rings (SSSR count). The van der Waals surface area contributed by atoms with E-state index in [0.717, 1.165) is 18.5 Å². The SMILES string of the molecule is Cc1cccc(NC2(CO)CC(C)(C)CC2C)c1. The summed E-state index contributed by atoms with van der Waals surface area (Å²) in [4.78, 5) is 0. The molecule has 18 heavy (non-hydrogen) atoms. The van der Waals surface area contributed by atoms with Crippen LogP contribution in [0.2, 0.25) is 0 Å². The van der Waals surface area contributed by atoms with Crippen LogP contribution in [0, 0.1) is 18.3 Å². The van der Waals surface area contributed by atoms with Crippen LogP contribution in [0.5, 0.6) is 0 Å². The zero-order valence-electron chi connectivity index (χ0n) is 12.0. The summed E-state index contributed by atoms with van der Waals surface area (Å²) in [7, 11) is 0. The van der Waals surface area contributed by atoms with Gasteiger partial charge in [-0.1, -0.05) is 32.9 Å². The highest BCUT2D eigenvalue weighted by Gasteiger charge is 2.48. The van der Waals surface area contributed by atoms with Crippen LogP contribution < -0.4 is 5.32 Å². The molecule has 2 atom stereocenters. The van der Waals surface area contributed by atoms with E-state index in [0.29, 0.717) is 11.3 Å². The smallest absolute Gasteiger partial charge is 0.0664 e. The molecule has 0 amide bonds. The van der Waals surface area contributed by atoms with E-state index in [1.807, 2.05) is 0 Å². The molecule has 0 saturated heterocycles. The molecule has 0 heterocycles. The quantitative estimate of drug-likeness (QED) is 0.855. The third kappa shape index (κ3) is 2.54. The molecule has 0 spiro atoms. The number of rotatable bonds is 3. The fourth-order valence-corrected chi connectivity index (χ4v) is 3.55. The molecule has 1 aliphatic rings. The first-order valence-electron chi connectivity index (χ1n) is 6.83. The molecule has 1 aromatic rings. The number of benzene rings is 1. The van der Waals surface area contributed by atoms with Crippen molar-refractivity contribution in [3.8, 4) is 0 Å². The summed E-state index contributed by atoms with van der Waals surface area (Å²) in [5.74, 6) is 0.484. The van der Waals surface area contributed by atoms with Gasteiger partial charge in [-0.15, -0.1) is 0 Å². The highest BCUT2D eigenvalue weighted by molar-refractivity contribution is 5.48. The number of aryl methyl sites for hydroxylation is 1. The van der Waals surface area contributed by atoms with Gasteiger partial charge in [0, 0.05) is 5.69 Å². The Hall–Kier alpha value is -1.02. The molecule has 0 radical (unpaired) electrons. The summed E-state index contributed by atoms with van der Waals surface area (Å²) in [6, 6.07) is 8.39. The van der Waals surface area contributed by atoms with Gasteiger partial charge < -0.3 is 10.4 Å². The highest BCUT2D eigenvalue weighted by Crippen LogP contribution is 2.48. The highest BCUT2D eigenvalue weighted by atomic mass is 16.3. The van der Waals surface area contributed by atoms with Gasteiger partial charge in [0.1, 0.15) is 0 Å². The largest absolute Gasteiger partial charge is 0.394 e. The van der Waals surface area contributed by atoms with Gasteiger partial charge in [-0.05, 0) is 48.8 Å². The Labute approximate surface area is 110 Å². The topological polar surface area (TPSA) is 32.3 Å². The Bertz CT molecular complexity index is 427. The van der Waals surface area contributed by atoms with Crippen molar-refractivity contribution >= 4 is 5.69 Å². The van der Waals surface area contributed by atoms with Crippen LogP contribution in [0.3, 0.4) is 0 Å². The Morgan fingerprint density at radius 2 is 2.11 bits per heavy atom. The molecule has 2 unspecified atom stereocenters. The minimum absolute atomic E-state index is 0.169. The third-order valence-electron chi connectivity index (χ3n) is 4.29. The van der Waals surface area contributed by atoms with Crippen molar-refractivity contribution in [3.63, 3.8) is 0 Å². The molecule has 1 fully saturated rings. The van der Waals surface area contributed by atoms with Gasteiger partial charge in [0.05, 0.1) is 12.1 Å². The van der Waals surface area contributed by atoms with E-state index in [-0.39, 0.29) is 12.1 Å². The van der Waals surface area contributed by atoms with E-state index < -0.39 is 0 Å². The Morgan fingerprint density at radius 1 is 1.39 bits per heavy atom. The van der Waals surface area contributed by atoms with Crippen molar-refractivity contribution in [2.75, 3.05) is 11.9 Å². The molecular weight excluding hydrogens is 222 g/mol. The third-order valence-corrected chi connectivity index (χ3v) is 4.29. The molecule has 1 saturated carbocycles. The number of hydrogen-bond acceptors (Lipinski definition) is 2. The van der Waals surface area contributed by atoms with Crippen LogP contribution in [-0.2, 0) is 0 Å². The maximum absolute atomic E-state index is 9.89. The van der Waals surface area contributed by atoms with Gasteiger partial charge in [-0.3, -0.25) is 0 Å². The molecule has 0 aromatic heterocycles. The second kappa shape index (κ2) is 4.58. The van der Waals surface area contributed by atoms with Crippen LogP contribution in [0.4, 0.5) is 5.69 Å². The number of nitrogens with one attached hydrogen (secondary N) is 1. The molecule has 1 aromatic carbocycles. The normalized spacial score (nSPS) is 30.4. The van der Waals surface area contributed by atoms with E-state index in [2.05, 4.69) is 57.3 Å². The first-order valence-corrected chi connectivity index (χ1v) is 6.83. The summed E-state index contributed by atoms with van der Waals surface area (Å²) in [5, 5.41) is 13.5. The summed E-state index contributed by atoms with van der Waals surface area (Å²) >= 11 is 0. The summed E-state index contributed by atoms with van der Waals surface area (Å²) in [5.41, 5.74) is 2.50. The minimum Gasteiger partial charge on any atom is -0.394 e. The molecule has 0 aliphatic heterocycles. The molecule has 100 valence electrons. The van der Waals surface area contributed by atoms with Crippen molar-refractivity contribution in [2.24, 2.45) is 11.3 Å². The van der Waals surface area contributed by atoms with E-state index in [4.69, 9.17) is 0 Å². The zero-order chi connectivity index (χ0) is 13.4. The van der Waals surface area contributed by atoms with Crippen molar-refractivity contribution in [2.45, 2.75) is 46.1 Å². The monoisotopic (exact) mass is 247 g/mol. The summed E-state index contributed by atoms with van der Waals surface area (Å²) in [6.45, 7) is 9.12. The average Bonchev–Trinajstić information content (AvgIpc) is 2.49. The lowest BCUT2D eigenvalue weighted by Gasteiger charge is -2.35. The fourth-order valence-electron chi connectivity index (χ4n) is 3.55. The van der Waals surface area contributed by atoms with Gasteiger partial charge in [0.2, 0.25) is 0 Å². The predicted molar refractivity (Wildman–Crippen MR) is 76.8 cm³/mol. The van der Waals surface area contributed by atoms with Gasteiger partial charge >= 0.3 is 0 Å². The van der Waals surface area contributed by atoms with Gasteiger partial charge in [-0.25, -0.2) is 0 Å². The Kier molecular flexibility index (Phi) is 3.41. The fraction of sp³-hybridized carbons (Fsp3) is 0.625.